The molecule has 0 atom stereocenters. The van der Waals surface area contributed by atoms with Crippen LogP contribution in [0.25, 0.3) is 0 Å². The zero-order chi connectivity index (χ0) is 16.1. The van der Waals surface area contributed by atoms with Gasteiger partial charge in [-0.15, -0.1) is 11.3 Å². The molecule has 0 radical (unpaired) electrons. The van der Waals surface area contributed by atoms with Gasteiger partial charge in [-0.05, 0) is 29.0 Å². The van der Waals surface area contributed by atoms with Crippen molar-refractivity contribution in [2.75, 3.05) is 13.2 Å². The highest BCUT2D eigenvalue weighted by atomic mass is 32.1. The van der Waals surface area contributed by atoms with Crippen molar-refractivity contribution in [3.63, 3.8) is 0 Å². The van der Waals surface area contributed by atoms with Crippen molar-refractivity contribution in [1.29, 1.82) is 0 Å². The van der Waals surface area contributed by atoms with Gasteiger partial charge in [0.15, 0.2) is 6.61 Å². The van der Waals surface area contributed by atoms with Crippen molar-refractivity contribution in [2.24, 2.45) is 10.9 Å². The number of fused-ring (bicyclic) bond motifs is 1. The van der Waals surface area contributed by atoms with Crippen LogP contribution in [0.3, 0.4) is 0 Å². The number of hydrogen-bond acceptors (Lipinski definition) is 4. The quantitative estimate of drug-likeness (QED) is 0.519. The minimum absolute atomic E-state index is 0.0573. The fraction of sp³-hybridized carbons (Fsp3) is 0.294. The molecule has 1 aromatic carbocycles. The minimum atomic E-state index is -0.0744. The average Bonchev–Trinajstić information content (AvgIpc) is 3.03. The molecular formula is C17H19N3O2S. The zero-order valence-corrected chi connectivity index (χ0v) is 13.6. The molecule has 2 heterocycles. The summed E-state index contributed by atoms with van der Waals surface area (Å²) in [5.41, 5.74) is 8.12. The normalized spacial score (nSPS) is 14.4. The maximum absolute atomic E-state index is 12.2. The number of carbonyl (C=O) groups excluding carboxylic acids is 1. The van der Waals surface area contributed by atoms with Crippen LogP contribution in [0.1, 0.15) is 16.0 Å². The molecule has 6 heteroatoms. The Hall–Kier alpha value is -2.34. The second kappa shape index (κ2) is 7.28. The Kier molecular flexibility index (Phi) is 4.92. The number of benzene rings is 1. The van der Waals surface area contributed by atoms with Gasteiger partial charge >= 0.3 is 0 Å². The summed E-state index contributed by atoms with van der Waals surface area (Å²) in [4.78, 5) is 20.5. The van der Waals surface area contributed by atoms with Gasteiger partial charge in [0.25, 0.3) is 5.91 Å². The van der Waals surface area contributed by atoms with Gasteiger partial charge in [0.1, 0.15) is 5.84 Å². The molecule has 0 spiro atoms. The second-order valence-corrected chi connectivity index (χ2v) is 6.45. The van der Waals surface area contributed by atoms with E-state index in [2.05, 4.69) is 16.6 Å². The van der Waals surface area contributed by atoms with Crippen molar-refractivity contribution < 1.29 is 9.63 Å². The molecular weight excluding hydrogens is 310 g/mol. The summed E-state index contributed by atoms with van der Waals surface area (Å²) in [5, 5.41) is 5.91. The maximum Gasteiger partial charge on any atom is 0.263 e. The van der Waals surface area contributed by atoms with Crippen LogP contribution in [0.5, 0.6) is 0 Å². The number of nitrogens with two attached hydrogens (primary N) is 1. The van der Waals surface area contributed by atoms with E-state index in [1.54, 1.807) is 16.2 Å². The lowest BCUT2D eigenvalue weighted by Gasteiger charge is -2.26. The van der Waals surface area contributed by atoms with Gasteiger partial charge in [-0.2, -0.15) is 0 Å². The largest absolute Gasteiger partial charge is 0.384 e. The van der Waals surface area contributed by atoms with Crippen LogP contribution in [0, 0.1) is 0 Å². The number of hydrogen-bond donors (Lipinski definition) is 1. The molecule has 2 N–H and O–H groups in total. The summed E-state index contributed by atoms with van der Waals surface area (Å²) in [6.07, 6.45) is 1.43. The molecule has 120 valence electrons. The Bertz CT molecular complexity index is 697. The fourth-order valence-corrected chi connectivity index (χ4v) is 3.45. The van der Waals surface area contributed by atoms with Crippen LogP contribution in [-0.2, 0) is 29.0 Å². The highest BCUT2D eigenvalue weighted by Crippen LogP contribution is 2.23. The second-order valence-electron chi connectivity index (χ2n) is 5.45. The van der Waals surface area contributed by atoms with E-state index in [0.717, 1.165) is 18.5 Å². The molecule has 0 unspecified atom stereocenters. The minimum Gasteiger partial charge on any atom is -0.384 e. The molecule has 0 bridgehead atoms. The SMILES string of the molecule is N/C(Cc1ccccc1)=N\OCC(=O)N1CCc2sccc2C1. The summed E-state index contributed by atoms with van der Waals surface area (Å²) in [5.74, 6) is 0.306. The Morgan fingerprint density at radius 1 is 1.30 bits per heavy atom. The molecule has 1 aliphatic rings. The topological polar surface area (TPSA) is 67.9 Å². The van der Waals surface area contributed by atoms with Crippen LogP contribution in [0.4, 0.5) is 0 Å². The fourth-order valence-electron chi connectivity index (χ4n) is 2.56. The van der Waals surface area contributed by atoms with Gasteiger partial charge < -0.3 is 15.5 Å². The van der Waals surface area contributed by atoms with Crippen molar-refractivity contribution in [3.8, 4) is 0 Å². The lowest BCUT2D eigenvalue weighted by Crippen LogP contribution is -2.37. The van der Waals surface area contributed by atoms with Crippen LogP contribution in [-0.4, -0.2) is 29.8 Å². The van der Waals surface area contributed by atoms with E-state index in [4.69, 9.17) is 10.6 Å². The van der Waals surface area contributed by atoms with Gasteiger partial charge in [-0.25, -0.2) is 0 Å². The van der Waals surface area contributed by atoms with Gasteiger partial charge in [0.2, 0.25) is 0 Å². The Balaban J connectivity index is 1.47. The van der Waals surface area contributed by atoms with Gasteiger partial charge in [0.05, 0.1) is 0 Å². The zero-order valence-electron chi connectivity index (χ0n) is 12.8. The van der Waals surface area contributed by atoms with Crippen LogP contribution < -0.4 is 5.73 Å². The van der Waals surface area contributed by atoms with E-state index >= 15 is 0 Å². The Morgan fingerprint density at radius 2 is 2.13 bits per heavy atom. The molecule has 0 saturated heterocycles. The molecule has 0 fully saturated rings. The molecule has 1 amide bonds. The number of thiophene rings is 1. The molecule has 3 rings (SSSR count). The molecule has 1 aliphatic heterocycles. The van der Waals surface area contributed by atoms with Gasteiger partial charge in [0, 0.05) is 24.4 Å². The predicted molar refractivity (Wildman–Crippen MR) is 91.2 cm³/mol. The number of rotatable bonds is 5. The van der Waals surface area contributed by atoms with Crippen LogP contribution >= 0.6 is 11.3 Å². The summed E-state index contributed by atoms with van der Waals surface area (Å²) < 4.78 is 0. The van der Waals surface area contributed by atoms with Crippen molar-refractivity contribution in [2.45, 2.75) is 19.4 Å². The molecule has 2 aromatic rings. The van der Waals surface area contributed by atoms with E-state index in [1.165, 1.54) is 10.4 Å². The lowest BCUT2D eigenvalue weighted by molar-refractivity contribution is -0.137. The number of oxime groups is 1. The van der Waals surface area contributed by atoms with E-state index < -0.39 is 0 Å². The first-order valence-electron chi connectivity index (χ1n) is 7.53. The van der Waals surface area contributed by atoms with E-state index in [0.29, 0.717) is 18.8 Å². The van der Waals surface area contributed by atoms with Gasteiger partial charge in [-0.3, -0.25) is 4.79 Å². The monoisotopic (exact) mass is 329 g/mol. The molecule has 23 heavy (non-hydrogen) atoms. The standard InChI is InChI=1S/C17H19N3O2S/c18-16(10-13-4-2-1-3-5-13)19-22-12-17(21)20-8-6-15-14(11-20)7-9-23-15/h1-5,7,9H,6,8,10-12H2,(H2,18,19). The molecule has 1 aromatic heterocycles. The van der Waals surface area contributed by atoms with Crippen molar-refractivity contribution in [1.82, 2.24) is 4.90 Å². The van der Waals surface area contributed by atoms with Gasteiger partial charge in [-0.1, -0.05) is 35.5 Å². The van der Waals surface area contributed by atoms with E-state index in [-0.39, 0.29) is 12.5 Å². The van der Waals surface area contributed by atoms with Crippen LogP contribution in [0.2, 0.25) is 0 Å². The highest BCUT2D eigenvalue weighted by molar-refractivity contribution is 7.10. The smallest absolute Gasteiger partial charge is 0.263 e. The average molecular weight is 329 g/mol. The maximum atomic E-state index is 12.2. The third-order valence-electron chi connectivity index (χ3n) is 3.76. The predicted octanol–water partition coefficient (Wildman–Crippen LogP) is 2.16. The van der Waals surface area contributed by atoms with E-state index in [9.17, 15) is 4.79 Å². The Labute approximate surface area is 139 Å². The third-order valence-corrected chi connectivity index (χ3v) is 4.78. The number of carbonyl (C=O) groups is 1. The number of nitrogens with zero attached hydrogens (tertiary/aromatic N) is 2. The van der Waals surface area contributed by atoms with Crippen molar-refractivity contribution in [3.05, 3.63) is 57.8 Å². The summed E-state index contributed by atoms with van der Waals surface area (Å²) in [6, 6.07) is 11.9. The summed E-state index contributed by atoms with van der Waals surface area (Å²) >= 11 is 1.75. The molecule has 0 saturated carbocycles. The summed E-state index contributed by atoms with van der Waals surface area (Å²) in [6.45, 7) is 1.32. The van der Waals surface area contributed by atoms with Crippen molar-refractivity contribution >= 4 is 23.1 Å². The summed E-state index contributed by atoms with van der Waals surface area (Å²) in [7, 11) is 0. The number of amidine groups is 1. The first kappa shape index (κ1) is 15.6. The third kappa shape index (κ3) is 4.10. The molecule has 0 aliphatic carbocycles. The van der Waals surface area contributed by atoms with E-state index in [1.807, 2.05) is 30.3 Å². The Morgan fingerprint density at radius 3 is 2.96 bits per heavy atom. The lowest BCUT2D eigenvalue weighted by atomic mass is 10.1. The first-order valence-corrected chi connectivity index (χ1v) is 8.41. The molecule has 5 nitrogen and oxygen atoms in total. The van der Waals surface area contributed by atoms with Crippen LogP contribution in [0.15, 0.2) is 46.9 Å². The highest BCUT2D eigenvalue weighted by Gasteiger charge is 2.21. The first-order chi connectivity index (χ1) is 11.2. The number of amides is 1.